The second-order valence-electron chi connectivity index (χ2n) is 6.88. The Morgan fingerprint density at radius 1 is 1.11 bits per heavy atom. The first-order valence-electron chi connectivity index (χ1n) is 6.91. The number of carboxylic acid groups (broad SMARTS) is 1. The fourth-order valence-electron chi connectivity index (χ4n) is 2.18. The van der Waals surface area contributed by atoms with E-state index in [1.54, 1.807) is 20.8 Å². The highest BCUT2D eigenvalue weighted by molar-refractivity contribution is 5.81. The molecule has 0 radical (unpaired) electrons. The zero-order chi connectivity index (χ0) is 15.4. The lowest BCUT2D eigenvalue weighted by Gasteiger charge is -2.30. The van der Waals surface area contributed by atoms with Gasteiger partial charge in [0.05, 0.1) is 11.8 Å². The lowest BCUT2D eigenvalue weighted by Crippen LogP contribution is -2.38. The molecule has 0 aliphatic heterocycles. The first kappa shape index (κ1) is 17.9. The van der Waals surface area contributed by atoms with E-state index >= 15 is 0 Å². The number of carbonyl (C=O) groups excluding carboxylic acids is 1. The van der Waals surface area contributed by atoms with Crippen molar-refractivity contribution in [1.82, 2.24) is 0 Å². The van der Waals surface area contributed by atoms with Gasteiger partial charge in [0.15, 0.2) is 0 Å². The highest BCUT2D eigenvalue weighted by atomic mass is 16.6. The topological polar surface area (TPSA) is 63.6 Å². The molecule has 0 bridgehead atoms. The van der Waals surface area contributed by atoms with Gasteiger partial charge in [0.1, 0.15) is 5.60 Å². The fraction of sp³-hybridized carbons (Fsp3) is 0.867. The summed E-state index contributed by atoms with van der Waals surface area (Å²) >= 11 is 0. The number of esters is 1. The molecule has 0 aliphatic rings. The van der Waals surface area contributed by atoms with E-state index in [-0.39, 0.29) is 11.8 Å². The molecule has 112 valence electrons. The molecule has 0 fully saturated rings. The van der Waals surface area contributed by atoms with Crippen LogP contribution in [0.25, 0.3) is 0 Å². The molecule has 0 aromatic heterocycles. The van der Waals surface area contributed by atoms with Crippen LogP contribution in [0.15, 0.2) is 0 Å². The molecule has 0 saturated heterocycles. The van der Waals surface area contributed by atoms with Gasteiger partial charge in [-0.3, -0.25) is 9.59 Å². The molecule has 0 aromatic rings. The Hall–Kier alpha value is -1.06. The number of hydrogen-bond acceptors (Lipinski definition) is 3. The molecule has 0 aliphatic carbocycles. The van der Waals surface area contributed by atoms with E-state index in [2.05, 4.69) is 0 Å². The van der Waals surface area contributed by atoms with Gasteiger partial charge in [-0.1, -0.05) is 27.7 Å². The molecule has 0 saturated carbocycles. The molecule has 0 heterocycles. The second kappa shape index (κ2) is 6.92. The van der Waals surface area contributed by atoms with Gasteiger partial charge in [-0.15, -0.1) is 0 Å². The molecule has 4 heteroatoms. The SMILES string of the molecule is CC(C)C[C@@H](C(=O)O)C(C(=O)OC(C)(C)C)C(C)C. The third-order valence-electron chi connectivity index (χ3n) is 2.87. The van der Waals surface area contributed by atoms with Gasteiger partial charge in [-0.2, -0.15) is 0 Å². The van der Waals surface area contributed by atoms with E-state index in [0.29, 0.717) is 6.42 Å². The fourth-order valence-corrected chi connectivity index (χ4v) is 2.18. The van der Waals surface area contributed by atoms with Crippen LogP contribution in [0.4, 0.5) is 0 Å². The third kappa shape index (κ3) is 6.60. The zero-order valence-electron chi connectivity index (χ0n) is 13.2. The molecule has 1 N–H and O–H groups in total. The van der Waals surface area contributed by atoms with Gasteiger partial charge in [-0.25, -0.2) is 0 Å². The van der Waals surface area contributed by atoms with Crippen molar-refractivity contribution < 1.29 is 19.4 Å². The van der Waals surface area contributed by atoms with Crippen LogP contribution in [0.3, 0.4) is 0 Å². The lowest BCUT2D eigenvalue weighted by molar-refractivity contribution is -0.169. The molecule has 0 spiro atoms. The van der Waals surface area contributed by atoms with Crippen molar-refractivity contribution in [2.75, 3.05) is 0 Å². The van der Waals surface area contributed by atoms with E-state index in [1.165, 1.54) is 0 Å². The highest BCUT2D eigenvalue weighted by Crippen LogP contribution is 2.29. The molecule has 19 heavy (non-hydrogen) atoms. The minimum Gasteiger partial charge on any atom is -0.481 e. The minimum atomic E-state index is -0.918. The van der Waals surface area contributed by atoms with Crippen LogP contribution in [0, 0.1) is 23.7 Å². The number of carboxylic acids is 1. The summed E-state index contributed by atoms with van der Waals surface area (Å²) in [6.45, 7) is 13.0. The summed E-state index contributed by atoms with van der Waals surface area (Å²) in [6.07, 6.45) is 0.484. The number of carbonyl (C=O) groups is 2. The van der Waals surface area contributed by atoms with Crippen molar-refractivity contribution in [3.63, 3.8) is 0 Å². The summed E-state index contributed by atoms with van der Waals surface area (Å²) in [6, 6.07) is 0. The zero-order valence-corrected chi connectivity index (χ0v) is 13.2. The molecule has 2 atom stereocenters. The normalized spacial score (nSPS) is 15.4. The maximum Gasteiger partial charge on any atom is 0.310 e. The smallest absolute Gasteiger partial charge is 0.310 e. The van der Waals surface area contributed by atoms with Gasteiger partial charge in [0.2, 0.25) is 0 Å². The third-order valence-corrected chi connectivity index (χ3v) is 2.87. The van der Waals surface area contributed by atoms with Crippen LogP contribution in [-0.4, -0.2) is 22.6 Å². The predicted octanol–water partition coefficient (Wildman–Crippen LogP) is 3.35. The Balaban J connectivity index is 5.15. The predicted molar refractivity (Wildman–Crippen MR) is 74.8 cm³/mol. The molecule has 0 aromatic carbocycles. The van der Waals surface area contributed by atoms with Crippen molar-refractivity contribution >= 4 is 11.9 Å². The van der Waals surface area contributed by atoms with Gasteiger partial charge < -0.3 is 9.84 Å². The standard InChI is InChI=1S/C15H28O4/c1-9(2)8-11(13(16)17)12(10(3)4)14(18)19-15(5,6)7/h9-12H,8H2,1-7H3,(H,16,17)/t11-,12?/m1/s1. The van der Waals surface area contributed by atoms with E-state index < -0.39 is 29.4 Å². The van der Waals surface area contributed by atoms with Gasteiger partial charge in [0.25, 0.3) is 0 Å². The molecular formula is C15H28O4. The monoisotopic (exact) mass is 272 g/mol. The summed E-state index contributed by atoms with van der Waals surface area (Å²) in [4.78, 5) is 23.7. The average molecular weight is 272 g/mol. The Morgan fingerprint density at radius 2 is 1.58 bits per heavy atom. The van der Waals surface area contributed by atoms with E-state index in [9.17, 15) is 14.7 Å². The Labute approximate surface area is 116 Å². The van der Waals surface area contributed by atoms with Crippen molar-refractivity contribution in [1.29, 1.82) is 0 Å². The van der Waals surface area contributed by atoms with Crippen LogP contribution < -0.4 is 0 Å². The van der Waals surface area contributed by atoms with E-state index in [0.717, 1.165) is 0 Å². The van der Waals surface area contributed by atoms with Gasteiger partial charge >= 0.3 is 11.9 Å². The largest absolute Gasteiger partial charge is 0.481 e. The van der Waals surface area contributed by atoms with Crippen molar-refractivity contribution in [3.05, 3.63) is 0 Å². The summed E-state index contributed by atoms with van der Waals surface area (Å²) in [5.41, 5.74) is -0.592. The molecule has 0 rings (SSSR count). The average Bonchev–Trinajstić information content (AvgIpc) is 2.11. The summed E-state index contributed by atoms with van der Waals surface area (Å²) in [5, 5.41) is 9.38. The van der Waals surface area contributed by atoms with Crippen LogP contribution in [0.2, 0.25) is 0 Å². The van der Waals surface area contributed by atoms with E-state index in [4.69, 9.17) is 4.74 Å². The Kier molecular flexibility index (Phi) is 6.53. The second-order valence-corrected chi connectivity index (χ2v) is 6.88. The summed E-state index contributed by atoms with van der Waals surface area (Å²) < 4.78 is 5.37. The number of ether oxygens (including phenoxy) is 1. The van der Waals surface area contributed by atoms with E-state index in [1.807, 2.05) is 27.7 Å². The minimum absolute atomic E-state index is 0.0605. The first-order valence-corrected chi connectivity index (χ1v) is 6.91. The van der Waals surface area contributed by atoms with Crippen LogP contribution in [-0.2, 0) is 14.3 Å². The Bertz CT molecular complexity index is 313. The molecule has 1 unspecified atom stereocenters. The molecule has 4 nitrogen and oxygen atoms in total. The number of hydrogen-bond donors (Lipinski definition) is 1. The number of rotatable bonds is 6. The van der Waals surface area contributed by atoms with Crippen LogP contribution in [0.5, 0.6) is 0 Å². The maximum absolute atomic E-state index is 12.2. The van der Waals surface area contributed by atoms with Crippen LogP contribution in [0.1, 0.15) is 54.9 Å². The number of aliphatic carboxylic acids is 1. The van der Waals surface area contributed by atoms with Gasteiger partial charge in [0, 0.05) is 0 Å². The molecule has 0 amide bonds. The Morgan fingerprint density at radius 3 is 1.84 bits per heavy atom. The summed E-state index contributed by atoms with van der Waals surface area (Å²) in [7, 11) is 0. The van der Waals surface area contributed by atoms with Crippen LogP contribution >= 0.6 is 0 Å². The summed E-state index contributed by atoms with van der Waals surface area (Å²) in [5.74, 6) is -2.44. The van der Waals surface area contributed by atoms with Gasteiger partial charge in [-0.05, 0) is 39.0 Å². The van der Waals surface area contributed by atoms with Crippen molar-refractivity contribution in [3.8, 4) is 0 Å². The van der Waals surface area contributed by atoms with Crippen molar-refractivity contribution in [2.45, 2.75) is 60.5 Å². The highest BCUT2D eigenvalue weighted by Gasteiger charge is 2.38. The maximum atomic E-state index is 12.2. The van der Waals surface area contributed by atoms with Crippen molar-refractivity contribution in [2.24, 2.45) is 23.7 Å². The lowest BCUT2D eigenvalue weighted by atomic mass is 9.79. The molecular weight excluding hydrogens is 244 g/mol. The quantitative estimate of drug-likeness (QED) is 0.753. The first-order chi connectivity index (χ1) is 8.45.